The lowest BCUT2D eigenvalue weighted by molar-refractivity contribution is -0.179. The van der Waals surface area contributed by atoms with Crippen LogP contribution in [-0.2, 0) is 9.53 Å². The van der Waals surface area contributed by atoms with Crippen molar-refractivity contribution in [2.45, 2.75) is 72.7 Å². The second-order valence-corrected chi connectivity index (χ2v) is 12.6. The van der Waals surface area contributed by atoms with Gasteiger partial charge >= 0.3 is 0 Å². The van der Waals surface area contributed by atoms with Gasteiger partial charge < -0.3 is 35.0 Å². The number of aliphatic hydroxyl groups is 4. The van der Waals surface area contributed by atoms with E-state index in [1.165, 1.54) is 6.20 Å². The molecule has 1 aromatic carbocycles. The summed E-state index contributed by atoms with van der Waals surface area (Å²) in [5.41, 5.74) is -2.73. The van der Waals surface area contributed by atoms with Gasteiger partial charge in [0.1, 0.15) is 40.7 Å². The number of hydrogen-bond donors (Lipinski definition) is 4. The number of rotatable bonds is 7. The van der Waals surface area contributed by atoms with E-state index in [0.29, 0.717) is 39.0 Å². The monoisotopic (exact) mass is 615 g/mol. The number of benzene rings is 1. The number of hydrogen-bond acceptors (Lipinski definition) is 10. The zero-order valence-corrected chi connectivity index (χ0v) is 24.0. The molecule has 6 atom stereocenters. The summed E-state index contributed by atoms with van der Waals surface area (Å²) in [6, 6.07) is 0.248. The summed E-state index contributed by atoms with van der Waals surface area (Å²) in [5.74, 6) is -4.72. The molecule has 1 amide bonds. The Labute approximate surface area is 245 Å². The van der Waals surface area contributed by atoms with E-state index in [1.807, 2.05) is 7.05 Å². The minimum Gasteiger partial charge on any atom is -0.394 e. The smallest absolute Gasteiger partial charge is 0.238 e. The first kappa shape index (κ1) is 31.2. The Morgan fingerprint density at radius 3 is 2.36 bits per heavy atom. The van der Waals surface area contributed by atoms with Crippen molar-refractivity contribution < 1.29 is 43.1 Å². The molecule has 1 unspecified atom stereocenters. The van der Waals surface area contributed by atoms with Crippen molar-refractivity contribution in [3.63, 3.8) is 0 Å². The molecule has 4 N–H and O–H groups in total. The number of carbonyl (C=O) groups excluding carboxylic acids is 1. The molecule has 11 nitrogen and oxygen atoms in total. The Bertz CT molecular complexity index is 1240. The Morgan fingerprint density at radius 2 is 1.74 bits per heavy atom. The van der Waals surface area contributed by atoms with Gasteiger partial charge in [-0.25, -0.2) is 17.9 Å². The lowest BCUT2D eigenvalue weighted by Crippen LogP contribution is -2.59. The van der Waals surface area contributed by atoms with E-state index in [0.717, 1.165) is 47.8 Å². The number of likely N-dealkylation sites (tertiary alicyclic amines) is 2. The van der Waals surface area contributed by atoms with Crippen molar-refractivity contribution in [3.05, 3.63) is 35.8 Å². The fraction of sp³-hybridized carbons (Fsp3) is 0.667. The van der Waals surface area contributed by atoms with Gasteiger partial charge in [0.05, 0.1) is 18.4 Å². The zero-order valence-electron chi connectivity index (χ0n) is 23.2. The summed E-state index contributed by atoms with van der Waals surface area (Å²) >= 11 is 0.954. The molecular weight excluding hydrogens is 579 g/mol. The van der Waals surface area contributed by atoms with Crippen LogP contribution in [0.4, 0.5) is 13.2 Å². The summed E-state index contributed by atoms with van der Waals surface area (Å²) in [5, 5.41) is 51.1. The largest absolute Gasteiger partial charge is 0.394 e. The molecule has 3 aliphatic rings. The van der Waals surface area contributed by atoms with E-state index in [1.54, 1.807) is 4.90 Å². The second kappa shape index (κ2) is 12.8. The highest BCUT2D eigenvalue weighted by Crippen LogP contribution is 2.42. The number of nitrogens with zero attached hydrogens (tertiary/aromatic N) is 5. The quantitative estimate of drug-likeness (QED) is 0.332. The molecule has 0 radical (unpaired) electrons. The Morgan fingerprint density at radius 1 is 1.10 bits per heavy atom. The molecule has 0 bridgehead atoms. The van der Waals surface area contributed by atoms with Gasteiger partial charge in [-0.2, -0.15) is 0 Å². The molecule has 2 aromatic rings. The molecule has 3 aliphatic heterocycles. The predicted octanol–water partition coefficient (Wildman–Crippen LogP) is 0.913. The standard InChI is InChI=1S/C27H36F3N5O6S/c1-33-9-5-27(40,6-10-33)24(25(39)34-7-3-2-4-8-34)42-26-23(38)21(22(37)19(14-36)41-26)35-13-18(31-32-35)15-11-16(28)20(30)17(29)12-15/h11-13,19,21-24,26,36-38,40H,2-10,14H2,1H3/t19-,21+,22+,23-,24?,26+/m1/s1. The van der Waals surface area contributed by atoms with E-state index in [9.17, 15) is 38.4 Å². The molecular formula is C27H36F3N5O6S. The maximum absolute atomic E-state index is 13.9. The Balaban J connectivity index is 1.43. The number of aliphatic hydroxyl groups excluding tert-OH is 3. The molecule has 0 saturated carbocycles. The van der Waals surface area contributed by atoms with Crippen LogP contribution in [0.15, 0.2) is 18.3 Å². The van der Waals surface area contributed by atoms with Crippen LogP contribution >= 0.6 is 11.8 Å². The predicted molar refractivity (Wildman–Crippen MR) is 146 cm³/mol. The maximum Gasteiger partial charge on any atom is 0.238 e. The molecule has 5 rings (SSSR count). The first-order valence-corrected chi connectivity index (χ1v) is 15.0. The lowest BCUT2D eigenvalue weighted by Gasteiger charge is -2.47. The van der Waals surface area contributed by atoms with Crippen LogP contribution in [0.25, 0.3) is 11.3 Å². The Hall–Kier alpha value is -2.27. The molecule has 42 heavy (non-hydrogen) atoms. The molecule has 0 aliphatic carbocycles. The van der Waals surface area contributed by atoms with Crippen molar-refractivity contribution in [1.29, 1.82) is 0 Å². The van der Waals surface area contributed by atoms with Gasteiger partial charge in [0.15, 0.2) is 17.5 Å². The normalized spacial score (nSPS) is 29.4. The van der Waals surface area contributed by atoms with E-state index in [-0.39, 0.29) is 17.2 Å². The molecule has 3 saturated heterocycles. The topological polar surface area (TPSA) is 144 Å². The van der Waals surface area contributed by atoms with Crippen LogP contribution in [-0.4, -0.2) is 126 Å². The number of halogens is 3. The number of ether oxygens (including phenoxy) is 1. The van der Waals surface area contributed by atoms with Gasteiger partial charge in [0.25, 0.3) is 0 Å². The lowest BCUT2D eigenvalue weighted by atomic mass is 9.87. The third-order valence-corrected chi connectivity index (χ3v) is 10.0. The van der Waals surface area contributed by atoms with Crippen molar-refractivity contribution in [1.82, 2.24) is 24.8 Å². The average Bonchev–Trinajstić information content (AvgIpc) is 3.47. The van der Waals surface area contributed by atoms with Crippen LogP contribution in [0.1, 0.15) is 38.1 Å². The summed E-state index contributed by atoms with van der Waals surface area (Å²) < 4.78 is 48.1. The van der Waals surface area contributed by atoms with Gasteiger partial charge in [-0.3, -0.25) is 4.79 Å². The second-order valence-electron chi connectivity index (χ2n) is 11.3. The summed E-state index contributed by atoms with van der Waals surface area (Å²) in [4.78, 5) is 17.6. The minimum absolute atomic E-state index is 0.0535. The van der Waals surface area contributed by atoms with Gasteiger partial charge in [-0.05, 0) is 51.3 Å². The highest BCUT2D eigenvalue weighted by atomic mass is 32.2. The minimum atomic E-state index is -1.63. The van der Waals surface area contributed by atoms with E-state index in [4.69, 9.17) is 4.74 Å². The molecule has 3 fully saturated rings. The van der Waals surface area contributed by atoms with Crippen molar-refractivity contribution in [3.8, 4) is 11.3 Å². The van der Waals surface area contributed by atoms with Crippen molar-refractivity contribution in [2.24, 2.45) is 0 Å². The number of piperidine rings is 2. The molecule has 1 aromatic heterocycles. The maximum atomic E-state index is 13.9. The van der Waals surface area contributed by atoms with Gasteiger partial charge in [0, 0.05) is 31.7 Å². The number of thioether (sulfide) groups is 1. The van der Waals surface area contributed by atoms with Crippen molar-refractivity contribution >= 4 is 17.7 Å². The summed E-state index contributed by atoms with van der Waals surface area (Å²) in [6.07, 6.45) is 0.418. The number of amides is 1. The molecule has 232 valence electrons. The van der Waals surface area contributed by atoms with Crippen LogP contribution in [0.5, 0.6) is 0 Å². The summed E-state index contributed by atoms with van der Waals surface area (Å²) in [7, 11) is 1.93. The van der Waals surface area contributed by atoms with E-state index in [2.05, 4.69) is 15.2 Å². The fourth-order valence-electron chi connectivity index (χ4n) is 5.85. The Kier molecular flexibility index (Phi) is 9.47. The SMILES string of the molecule is CN1CCC(O)(C(S[C@@H]2O[C@H](CO)[C@H](O)[C@H](n3cc(-c4cc(F)c(F)c(F)c4)nn3)[C@H]2O)C(=O)N2CCCCC2)CC1. The highest BCUT2D eigenvalue weighted by molar-refractivity contribution is 8.01. The first-order valence-electron chi connectivity index (χ1n) is 14.1. The average molecular weight is 616 g/mol. The van der Waals surface area contributed by atoms with Crippen LogP contribution in [0, 0.1) is 17.5 Å². The molecule has 15 heteroatoms. The van der Waals surface area contributed by atoms with E-state index >= 15 is 0 Å². The van der Waals surface area contributed by atoms with Crippen LogP contribution in [0.3, 0.4) is 0 Å². The summed E-state index contributed by atoms with van der Waals surface area (Å²) in [6.45, 7) is 1.64. The fourth-order valence-corrected chi connectivity index (χ4v) is 7.40. The van der Waals surface area contributed by atoms with Crippen LogP contribution in [0.2, 0.25) is 0 Å². The zero-order chi connectivity index (χ0) is 30.2. The van der Waals surface area contributed by atoms with Gasteiger partial charge in [0.2, 0.25) is 5.91 Å². The van der Waals surface area contributed by atoms with Gasteiger partial charge in [-0.1, -0.05) is 5.21 Å². The molecule has 0 spiro atoms. The van der Waals surface area contributed by atoms with Crippen LogP contribution < -0.4 is 0 Å². The van der Waals surface area contributed by atoms with Gasteiger partial charge in [-0.15, -0.1) is 16.9 Å². The molecule has 4 heterocycles. The van der Waals surface area contributed by atoms with E-state index < -0.39 is 64.7 Å². The number of carbonyl (C=O) groups is 1. The number of aromatic nitrogens is 3. The highest BCUT2D eigenvalue weighted by Gasteiger charge is 2.52. The third kappa shape index (κ3) is 6.18. The third-order valence-electron chi connectivity index (χ3n) is 8.45. The first-order chi connectivity index (χ1) is 20.0. The van der Waals surface area contributed by atoms with Crippen molar-refractivity contribution in [2.75, 3.05) is 39.8 Å².